The van der Waals surface area contributed by atoms with Gasteiger partial charge in [0.2, 0.25) is 0 Å². The van der Waals surface area contributed by atoms with Crippen molar-refractivity contribution in [1.29, 1.82) is 0 Å². The van der Waals surface area contributed by atoms with E-state index in [1.807, 2.05) is 0 Å². The number of benzene rings is 3. The van der Waals surface area contributed by atoms with E-state index in [1.165, 1.54) is 0 Å². The predicted octanol–water partition coefficient (Wildman–Crippen LogP) is 9.41. The van der Waals surface area contributed by atoms with E-state index in [1.54, 1.807) is 0 Å². The van der Waals surface area contributed by atoms with Crippen molar-refractivity contribution in [2.45, 2.75) is 18.5 Å². The summed E-state index contributed by atoms with van der Waals surface area (Å²) in [6.45, 7) is -1.62. The molecule has 0 atom stereocenters. The fourth-order valence-corrected chi connectivity index (χ4v) is 4.76. The second kappa shape index (κ2) is 10.4. The van der Waals surface area contributed by atoms with E-state index in [9.17, 15) is 39.5 Å². The van der Waals surface area contributed by atoms with Crippen LogP contribution < -0.4 is 14.7 Å². The van der Waals surface area contributed by atoms with Crippen LogP contribution in [0, 0.1) is 0 Å². The van der Waals surface area contributed by atoms with Crippen LogP contribution in [0.15, 0.2) is 54.6 Å². The fourth-order valence-electron chi connectivity index (χ4n) is 4.24. The summed E-state index contributed by atoms with van der Waals surface area (Å²) in [4.78, 5) is 3.02. The molecule has 0 saturated carbocycles. The van der Waals surface area contributed by atoms with Crippen molar-refractivity contribution in [3.05, 3.63) is 86.4 Å². The number of anilines is 3. The molecule has 0 spiro atoms. The van der Waals surface area contributed by atoms with Gasteiger partial charge in [0.25, 0.3) is 0 Å². The van der Waals surface area contributed by atoms with Crippen molar-refractivity contribution >= 4 is 51.9 Å². The maximum absolute atomic E-state index is 13.9. The SMILES string of the molecule is FC(F)(F)c1cc(Cl)ccc1N1CN(c2ccc(Cl)cc2C(F)(F)F)CN(c2ccc(Cl)cc2C(F)(F)F)C1. The number of nitrogens with zero attached hydrogens (tertiary/aromatic N) is 3. The Labute approximate surface area is 230 Å². The van der Waals surface area contributed by atoms with Gasteiger partial charge in [-0.15, -0.1) is 0 Å². The summed E-state index contributed by atoms with van der Waals surface area (Å²) in [6, 6.07) is 8.34. The number of hydrogen-bond donors (Lipinski definition) is 0. The standard InChI is InChI=1S/C24H15Cl3F9N3/c25-13-1-4-19(16(7-13)22(28,29)30)37-10-38(20-5-2-14(26)8-17(20)23(31,32)33)12-39(11-37)21-6-3-15(27)9-18(21)24(34,35)36/h1-9H,10-12H2. The molecule has 15 heteroatoms. The molecule has 1 saturated heterocycles. The molecule has 1 heterocycles. The predicted molar refractivity (Wildman–Crippen MR) is 131 cm³/mol. The lowest BCUT2D eigenvalue weighted by atomic mass is 10.1. The van der Waals surface area contributed by atoms with Crippen molar-refractivity contribution in [3.63, 3.8) is 0 Å². The van der Waals surface area contributed by atoms with Crippen LogP contribution in [0.25, 0.3) is 0 Å². The first-order valence-corrected chi connectivity index (χ1v) is 11.9. The van der Waals surface area contributed by atoms with Crippen LogP contribution in [-0.2, 0) is 18.5 Å². The van der Waals surface area contributed by atoms with Crippen LogP contribution in [0.4, 0.5) is 56.6 Å². The van der Waals surface area contributed by atoms with Gasteiger partial charge in [0.05, 0.1) is 53.8 Å². The highest BCUT2D eigenvalue weighted by Gasteiger charge is 2.41. The van der Waals surface area contributed by atoms with E-state index in [-0.39, 0.29) is 15.1 Å². The van der Waals surface area contributed by atoms with Crippen LogP contribution in [0.1, 0.15) is 16.7 Å². The highest BCUT2D eigenvalue weighted by atomic mass is 35.5. The minimum absolute atomic E-state index is 0.258. The summed E-state index contributed by atoms with van der Waals surface area (Å²) in [5.41, 5.74) is -5.12. The van der Waals surface area contributed by atoms with Crippen LogP contribution in [0.5, 0.6) is 0 Å². The lowest BCUT2D eigenvalue weighted by Crippen LogP contribution is -2.56. The van der Waals surface area contributed by atoms with E-state index in [2.05, 4.69) is 0 Å². The smallest absolute Gasteiger partial charge is 0.335 e. The first-order chi connectivity index (χ1) is 17.9. The summed E-state index contributed by atoms with van der Waals surface area (Å²) >= 11 is 17.3. The topological polar surface area (TPSA) is 9.72 Å². The van der Waals surface area contributed by atoms with Crippen molar-refractivity contribution in [2.24, 2.45) is 0 Å². The van der Waals surface area contributed by atoms with E-state index >= 15 is 0 Å². The Balaban J connectivity index is 1.90. The Morgan fingerprint density at radius 1 is 0.436 bits per heavy atom. The zero-order valence-electron chi connectivity index (χ0n) is 19.2. The van der Waals surface area contributed by atoms with Gasteiger partial charge in [0.15, 0.2) is 0 Å². The zero-order chi connectivity index (χ0) is 28.9. The minimum atomic E-state index is -4.93. The normalized spacial score (nSPS) is 15.2. The molecule has 1 aliphatic rings. The summed E-state index contributed by atoms with van der Waals surface area (Å²) < 4.78 is 125. The van der Waals surface area contributed by atoms with E-state index in [0.717, 1.165) is 51.1 Å². The molecule has 0 unspecified atom stereocenters. The molecular formula is C24H15Cl3F9N3. The van der Waals surface area contributed by atoms with Crippen molar-refractivity contribution in [3.8, 4) is 0 Å². The van der Waals surface area contributed by atoms with Crippen LogP contribution in [0.2, 0.25) is 15.1 Å². The number of rotatable bonds is 3. The van der Waals surface area contributed by atoms with Crippen LogP contribution in [0.3, 0.4) is 0 Å². The average molecular weight is 623 g/mol. The molecular weight excluding hydrogens is 608 g/mol. The third-order valence-corrected chi connectivity index (χ3v) is 6.54. The summed E-state index contributed by atoms with van der Waals surface area (Å²) in [5.74, 6) is 0. The maximum Gasteiger partial charge on any atom is 0.418 e. The van der Waals surface area contributed by atoms with Crippen LogP contribution in [-0.4, -0.2) is 20.0 Å². The molecule has 0 aromatic heterocycles. The van der Waals surface area contributed by atoms with E-state index in [0.29, 0.717) is 18.2 Å². The molecule has 0 aliphatic carbocycles. The largest absolute Gasteiger partial charge is 0.418 e. The van der Waals surface area contributed by atoms with Gasteiger partial charge in [-0.05, 0) is 54.6 Å². The van der Waals surface area contributed by atoms with Crippen molar-refractivity contribution in [2.75, 3.05) is 34.7 Å². The van der Waals surface area contributed by atoms with Crippen molar-refractivity contribution in [1.82, 2.24) is 0 Å². The van der Waals surface area contributed by atoms with Crippen molar-refractivity contribution < 1.29 is 39.5 Å². The summed E-state index contributed by atoms with van der Waals surface area (Å²) in [5, 5.41) is -0.775. The molecule has 3 nitrogen and oxygen atoms in total. The first-order valence-electron chi connectivity index (χ1n) is 10.8. The first kappa shape index (κ1) is 29.3. The Morgan fingerprint density at radius 2 is 0.667 bits per heavy atom. The molecule has 0 N–H and O–H groups in total. The molecule has 0 bridgehead atoms. The van der Waals surface area contributed by atoms with Gasteiger partial charge < -0.3 is 14.7 Å². The molecule has 0 radical (unpaired) electrons. The van der Waals surface area contributed by atoms with Gasteiger partial charge >= 0.3 is 18.5 Å². The Morgan fingerprint density at radius 3 is 0.872 bits per heavy atom. The quantitative estimate of drug-likeness (QED) is 0.270. The molecule has 39 heavy (non-hydrogen) atoms. The molecule has 210 valence electrons. The number of alkyl halides is 9. The summed E-state index contributed by atoms with van der Waals surface area (Å²) in [7, 11) is 0. The summed E-state index contributed by atoms with van der Waals surface area (Å²) in [6.07, 6.45) is -14.8. The third kappa shape index (κ3) is 6.38. The second-order valence-electron chi connectivity index (χ2n) is 8.52. The monoisotopic (exact) mass is 621 g/mol. The average Bonchev–Trinajstić information content (AvgIpc) is 2.82. The van der Waals surface area contributed by atoms with Gasteiger partial charge in [-0.2, -0.15) is 39.5 Å². The van der Waals surface area contributed by atoms with E-state index < -0.39 is 72.3 Å². The maximum atomic E-state index is 13.9. The Kier molecular flexibility index (Phi) is 7.78. The molecule has 0 amide bonds. The third-order valence-electron chi connectivity index (χ3n) is 5.84. The molecule has 1 fully saturated rings. The van der Waals surface area contributed by atoms with Gasteiger partial charge in [0, 0.05) is 15.1 Å². The molecule has 4 rings (SSSR count). The lowest BCUT2D eigenvalue weighted by Gasteiger charge is -2.46. The molecule has 3 aromatic rings. The highest BCUT2D eigenvalue weighted by molar-refractivity contribution is 6.31. The molecule has 1 aliphatic heterocycles. The minimum Gasteiger partial charge on any atom is -0.335 e. The molecule has 3 aromatic carbocycles. The number of hydrogen-bond acceptors (Lipinski definition) is 3. The fraction of sp³-hybridized carbons (Fsp3) is 0.250. The Bertz CT molecular complexity index is 1200. The van der Waals surface area contributed by atoms with Crippen LogP contribution >= 0.6 is 34.8 Å². The zero-order valence-corrected chi connectivity index (χ0v) is 21.5. The van der Waals surface area contributed by atoms with Gasteiger partial charge in [-0.25, -0.2) is 0 Å². The van der Waals surface area contributed by atoms with Gasteiger partial charge in [0.1, 0.15) is 0 Å². The Hall–Kier alpha value is -2.70. The lowest BCUT2D eigenvalue weighted by molar-refractivity contribution is -0.137. The number of halogens is 12. The second-order valence-corrected chi connectivity index (χ2v) is 9.83. The van der Waals surface area contributed by atoms with E-state index in [4.69, 9.17) is 34.8 Å². The van der Waals surface area contributed by atoms with Gasteiger partial charge in [-0.1, -0.05) is 34.8 Å². The highest BCUT2D eigenvalue weighted by Crippen LogP contribution is 2.44. The van der Waals surface area contributed by atoms with Gasteiger partial charge in [-0.3, -0.25) is 0 Å².